The lowest BCUT2D eigenvalue weighted by atomic mass is 9.93. The van der Waals surface area contributed by atoms with Crippen molar-refractivity contribution in [2.24, 2.45) is 5.10 Å². The van der Waals surface area contributed by atoms with Crippen LogP contribution in [-0.4, -0.2) is 31.9 Å². The fourth-order valence-corrected chi connectivity index (χ4v) is 3.95. The molecule has 0 fully saturated rings. The van der Waals surface area contributed by atoms with Crippen molar-refractivity contribution in [1.82, 2.24) is 14.8 Å². The van der Waals surface area contributed by atoms with E-state index in [4.69, 9.17) is 10.4 Å². The summed E-state index contributed by atoms with van der Waals surface area (Å²) < 4.78 is 1.73. The molecule has 1 amide bonds. The van der Waals surface area contributed by atoms with Crippen molar-refractivity contribution in [2.75, 3.05) is 0 Å². The average molecular weight is 412 g/mol. The Balaban J connectivity index is 1.55. The van der Waals surface area contributed by atoms with Gasteiger partial charge >= 0.3 is 0 Å². The Hall–Kier alpha value is -3.72. The molecule has 6 nitrogen and oxygen atoms in total. The summed E-state index contributed by atoms with van der Waals surface area (Å²) >= 11 is 0. The number of carbonyl (C=O) groups excluding carboxylic acids is 1. The maximum absolute atomic E-state index is 13.3. The second-order valence-electron chi connectivity index (χ2n) is 8.76. The van der Waals surface area contributed by atoms with Gasteiger partial charge in [0.2, 0.25) is 0 Å². The minimum absolute atomic E-state index is 0.157. The van der Waals surface area contributed by atoms with E-state index >= 15 is 0 Å². The summed E-state index contributed by atoms with van der Waals surface area (Å²) in [5.41, 5.74) is 6.08. The van der Waals surface area contributed by atoms with Gasteiger partial charge in [0.05, 0.1) is 41.2 Å². The SMILES string of the molecule is Cc1cc(C)cc(C2=NN(C(=O)c3cnn(Cc4ccc(C#N)cc4)c3)C(C)(C)C2)c1. The van der Waals surface area contributed by atoms with E-state index in [0.717, 1.165) is 16.8 Å². The minimum Gasteiger partial charge on any atom is -0.268 e. The number of benzene rings is 2. The summed E-state index contributed by atoms with van der Waals surface area (Å²) in [6.45, 7) is 8.74. The van der Waals surface area contributed by atoms with Crippen LogP contribution in [0.15, 0.2) is 60.0 Å². The first-order valence-corrected chi connectivity index (χ1v) is 10.3. The van der Waals surface area contributed by atoms with Gasteiger partial charge in [0.25, 0.3) is 5.91 Å². The van der Waals surface area contributed by atoms with Crippen LogP contribution in [0.1, 0.15) is 58.4 Å². The summed E-state index contributed by atoms with van der Waals surface area (Å²) in [5.74, 6) is -0.157. The number of aromatic nitrogens is 2. The lowest BCUT2D eigenvalue weighted by Gasteiger charge is -2.28. The maximum Gasteiger partial charge on any atom is 0.277 e. The molecule has 4 rings (SSSR count). The normalized spacial score (nSPS) is 14.9. The van der Waals surface area contributed by atoms with Crippen LogP contribution >= 0.6 is 0 Å². The highest BCUT2D eigenvalue weighted by Crippen LogP contribution is 2.31. The van der Waals surface area contributed by atoms with Gasteiger partial charge in [0, 0.05) is 12.6 Å². The zero-order valence-corrected chi connectivity index (χ0v) is 18.3. The molecule has 31 heavy (non-hydrogen) atoms. The van der Waals surface area contributed by atoms with Crippen LogP contribution in [0.3, 0.4) is 0 Å². The van der Waals surface area contributed by atoms with E-state index < -0.39 is 5.54 Å². The number of hydrogen-bond donors (Lipinski definition) is 0. The smallest absolute Gasteiger partial charge is 0.268 e. The number of rotatable bonds is 4. The second kappa shape index (κ2) is 7.84. The zero-order valence-electron chi connectivity index (χ0n) is 18.3. The van der Waals surface area contributed by atoms with Crippen molar-refractivity contribution in [2.45, 2.75) is 46.2 Å². The van der Waals surface area contributed by atoms with Crippen molar-refractivity contribution in [3.8, 4) is 6.07 Å². The molecule has 6 heteroatoms. The summed E-state index contributed by atoms with van der Waals surface area (Å²) in [4.78, 5) is 13.3. The lowest BCUT2D eigenvalue weighted by Crippen LogP contribution is -2.40. The van der Waals surface area contributed by atoms with Crippen molar-refractivity contribution >= 4 is 11.6 Å². The Kier molecular flexibility index (Phi) is 5.20. The van der Waals surface area contributed by atoms with E-state index in [-0.39, 0.29) is 5.91 Å². The molecule has 1 aromatic heterocycles. The predicted octanol–water partition coefficient (Wildman–Crippen LogP) is 4.45. The Morgan fingerprint density at radius 2 is 1.81 bits per heavy atom. The molecular formula is C25H25N5O. The lowest BCUT2D eigenvalue weighted by molar-refractivity contribution is 0.0612. The van der Waals surface area contributed by atoms with Gasteiger partial charge in [0.15, 0.2) is 0 Å². The maximum atomic E-state index is 13.3. The molecule has 0 atom stereocenters. The first-order chi connectivity index (χ1) is 14.7. The molecule has 0 spiro atoms. The molecule has 0 saturated heterocycles. The molecule has 2 heterocycles. The van der Waals surface area contributed by atoms with E-state index in [1.807, 2.05) is 26.0 Å². The summed E-state index contributed by atoms with van der Waals surface area (Å²) in [6, 6.07) is 15.8. The van der Waals surface area contributed by atoms with Crippen molar-refractivity contribution in [3.63, 3.8) is 0 Å². The summed E-state index contributed by atoms with van der Waals surface area (Å²) in [6.07, 6.45) is 4.04. The predicted molar refractivity (Wildman–Crippen MR) is 120 cm³/mol. The third kappa shape index (κ3) is 4.26. The number of aryl methyl sites for hydroxylation is 2. The van der Waals surface area contributed by atoms with E-state index in [9.17, 15) is 4.79 Å². The van der Waals surface area contributed by atoms with Gasteiger partial charge in [-0.3, -0.25) is 9.48 Å². The van der Waals surface area contributed by atoms with E-state index in [0.29, 0.717) is 24.1 Å². The Morgan fingerprint density at radius 1 is 1.13 bits per heavy atom. The highest BCUT2D eigenvalue weighted by atomic mass is 16.2. The van der Waals surface area contributed by atoms with E-state index in [1.165, 1.54) is 11.1 Å². The summed E-state index contributed by atoms with van der Waals surface area (Å²) in [7, 11) is 0. The van der Waals surface area contributed by atoms with Gasteiger partial charge in [0.1, 0.15) is 0 Å². The van der Waals surface area contributed by atoms with Gasteiger partial charge in [-0.15, -0.1) is 0 Å². The van der Waals surface area contributed by atoms with Crippen LogP contribution in [0.4, 0.5) is 0 Å². The number of hydrazone groups is 1. The molecule has 1 aliphatic rings. The monoisotopic (exact) mass is 411 g/mol. The fourth-order valence-electron chi connectivity index (χ4n) is 3.95. The highest BCUT2D eigenvalue weighted by molar-refractivity contribution is 6.05. The molecule has 0 bridgehead atoms. The van der Waals surface area contributed by atoms with Crippen LogP contribution < -0.4 is 0 Å². The topological polar surface area (TPSA) is 74.3 Å². The van der Waals surface area contributed by atoms with E-state index in [2.05, 4.69) is 43.2 Å². The quantitative estimate of drug-likeness (QED) is 0.637. The molecule has 0 saturated carbocycles. The Bertz CT molecular complexity index is 1190. The van der Waals surface area contributed by atoms with Crippen LogP contribution in [0.2, 0.25) is 0 Å². The van der Waals surface area contributed by atoms with Gasteiger partial charge < -0.3 is 0 Å². The molecule has 2 aromatic carbocycles. The van der Waals surface area contributed by atoms with Crippen molar-refractivity contribution in [1.29, 1.82) is 5.26 Å². The largest absolute Gasteiger partial charge is 0.277 e. The van der Waals surface area contributed by atoms with Gasteiger partial charge in [-0.2, -0.15) is 15.5 Å². The molecule has 0 radical (unpaired) electrons. The zero-order chi connectivity index (χ0) is 22.2. The molecule has 3 aromatic rings. The van der Waals surface area contributed by atoms with Crippen LogP contribution in [0.25, 0.3) is 0 Å². The number of nitrogens with zero attached hydrogens (tertiary/aromatic N) is 5. The highest BCUT2D eigenvalue weighted by Gasteiger charge is 2.39. The molecule has 0 unspecified atom stereocenters. The van der Waals surface area contributed by atoms with Crippen LogP contribution in [-0.2, 0) is 6.54 Å². The number of nitriles is 1. The molecule has 0 aliphatic carbocycles. The molecule has 156 valence electrons. The van der Waals surface area contributed by atoms with E-state index in [1.54, 1.807) is 34.2 Å². The number of amides is 1. The van der Waals surface area contributed by atoms with Gasteiger partial charge in [-0.1, -0.05) is 41.5 Å². The standard InChI is InChI=1S/C25H25N5O/c1-17-9-18(2)11-21(10-17)23-12-25(3,4)30(28-23)24(31)22-14-27-29(16-22)15-20-7-5-19(13-26)6-8-20/h5-11,14,16H,12,15H2,1-4H3. The Labute approximate surface area is 182 Å². The number of hydrogen-bond acceptors (Lipinski definition) is 4. The third-order valence-corrected chi connectivity index (χ3v) is 5.45. The summed E-state index contributed by atoms with van der Waals surface area (Å²) in [5, 5.41) is 19.6. The number of carbonyl (C=O) groups is 1. The third-order valence-electron chi connectivity index (χ3n) is 5.45. The van der Waals surface area contributed by atoms with Gasteiger partial charge in [-0.05, 0) is 51.0 Å². The molecular weight excluding hydrogens is 386 g/mol. The molecule has 1 aliphatic heterocycles. The first-order valence-electron chi connectivity index (χ1n) is 10.3. The second-order valence-corrected chi connectivity index (χ2v) is 8.76. The first kappa shape index (κ1) is 20.5. The minimum atomic E-state index is -0.417. The van der Waals surface area contributed by atoms with Crippen LogP contribution in [0.5, 0.6) is 0 Å². The van der Waals surface area contributed by atoms with Gasteiger partial charge in [-0.25, -0.2) is 5.01 Å². The van der Waals surface area contributed by atoms with Crippen LogP contribution in [0, 0.1) is 25.2 Å². The van der Waals surface area contributed by atoms with Crippen molar-refractivity contribution < 1.29 is 4.79 Å². The molecule has 0 N–H and O–H groups in total. The van der Waals surface area contributed by atoms with Crippen molar-refractivity contribution in [3.05, 3.63) is 88.2 Å². The average Bonchev–Trinajstić information content (AvgIpc) is 3.31. The Morgan fingerprint density at radius 3 is 2.45 bits per heavy atom. The fraction of sp³-hybridized carbons (Fsp3) is 0.280.